The SMILES string of the molecule is CCOc1ccc(C(C)N)cc1CS(=O)C1CCCC1. The van der Waals surface area contributed by atoms with E-state index in [2.05, 4.69) is 6.07 Å². The maximum atomic E-state index is 12.5. The van der Waals surface area contributed by atoms with Crippen LogP contribution in [0.15, 0.2) is 18.2 Å². The summed E-state index contributed by atoms with van der Waals surface area (Å²) in [5.74, 6) is 1.43. The van der Waals surface area contributed by atoms with Crippen molar-refractivity contribution in [1.82, 2.24) is 0 Å². The topological polar surface area (TPSA) is 52.3 Å². The first-order chi connectivity index (χ1) is 9.61. The molecule has 2 atom stereocenters. The van der Waals surface area contributed by atoms with Gasteiger partial charge in [0.1, 0.15) is 5.75 Å². The Morgan fingerprint density at radius 2 is 2.10 bits per heavy atom. The van der Waals surface area contributed by atoms with Crippen LogP contribution in [0.2, 0.25) is 0 Å². The molecule has 112 valence electrons. The van der Waals surface area contributed by atoms with E-state index in [-0.39, 0.29) is 6.04 Å². The molecule has 1 saturated carbocycles. The Morgan fingerprint density at radius 1 is 1.40 bits per heavy atom. The Bertz CT molecular complexity index is 468. The maximum absolute atomic E-state index is 12.5. The van der Waals surface area contributed by atoms with Crippen LogP contribution >= 0.6 is 0 Å². The van der Waals surface area contributed by atoms with Gasteiger partial charge in [-0.1, -0.05) is 18.9 Å². The van der Waals surface area contributed by atoms with Gasteiger partial charge in [0.15, 0.2) is 0 Å². The van der Waals surface area contributed by atoms with Gasteiger partial charge in [-0.05, 0) is 44.4 Å². The average Bonchev–Trinajstić information content (AvgIpc) is 2.94. The fraction of sp³-hybridized carbons (Fsp3) is 0.625. The third-order valence-electron chi connectivity index (χ3n) is 3.88. The van der Waals surface area contributed by atoms with E-state index in [0.717, 1.165) is 29.7 Å². The summed E-state index contributed by atoms with van der Waals surface area (Å²) >= 11 is 0. The van der Waals surface area contributed by atoms with Crippen molar-refractivity contribution in [1.29, 1.82) is 0 Å². The van der Waals surface area contributed by atoms with Crippen LogP contribution in [0.3, 0.4) is 0 Å². The lowest BCUT2D eigenvalue weighted by Crippen LogP contribution is -2.14. The lowest BCUT2D eigenvalue weighted by molar-refractivity contribution is 0.337. The highest BCUT2D eigenvalue weighted by atomic mass is 32.2. The van der Waals surface area contributed by atoms with Crippen molar-refractivity contribution in [2.45, 2.75) is 56.6 Å². The highest BCUT2D eigenvalue weighted by Gasteiger charge is 2.22. The van der Waals surface area contributed by atoms with Crippen LogP contribution in [0, 0.1) is 0 Å². The molecule has 0 spiro atoms. The van der Waals surface area contributed by atoms with Gasteiger partial charge in [-0.2, -0.15) is 0 Å². The second kappa shape index (κ2) is 7.23. The fourth-order valence-electron chi connectivity index (χ4n) is 2.71. The van der Waals surface area contributed by atoms with E-state index in [0.29, 0.717) is 17.6 Å². The molecule has 20 heavy (non-hydrogen) atoms. The van der Waals surface area contributed by atoms with E-state index in [4.69, 9.17) is 10.5 Å². The van der Waals surface area contributed by atoms with Crippen LogP contribution in [-0.2, 0) is 16.6 Å². The largest absolute Gasteiger partial charge is 0.494 e. The van der Waals surface area contributed by atoms with Crippen molar-refractivity contribution in [3.8, 4) is 5.75 Å². The van der Waals surface area contributed by atoms with E-state index in [1.165, 1.54) is 12.8 Å². The van der Waals surface area contributed by atoms with Crippen LogP contribution in [0.5, 0.6) is 5.75 Å². The molecule has 0 heterocycles. The zero-order valence-corrected chi connectivity index (χ0v) is 13.2. The summed E-state index contributed by atoms with van der Waals surface area (Å²) < 4.78 is 18.1. The minimum Gasteiger partial charge on any atom is -0.494 e. The van der Waals surface area contributed by atoms with E-state index >= 15 is 0 Å². The van der Waals surface area contributed by atoms with Crippen molar-refractivity contribution in [2.75, 3.05) is 6.61 Å². The minimum atomic E-state index is -0.803. The predicted molar refractivity (Wildman–Crippen MR) is 84.3 cm³/mol. The summed E-state index contributed by atoms with van der Waals surface area (Å²) in [5.41, 5.74) is 8.05. The summed E-state index contributed by atoms with van der Waals surface area (Å²) in [7, 11) is -0.803. The number of benzene rings is 1. The van der Waals surface area contributed by atoms with E-state index in [9.17, 15) is 4.21 Å². The molecule has 0 amide bonds. The Labute approximate surface area is 124 Å². The molecule has 2 rings (SSSR count). The number of hydrogen-bond donors (Lipinski definition) is 1. The van der Waals surface area contributed by atoms with E-state index in [1.807, 2.05) is 26.0 Å². The maximum Gasteiger partial charge on any atom is 0.123 e. The normalized spacial score (nSPS) is 18.9. The zero-order chi connectivity index (χ0) is 14.5. The molecule has 1 aromatic carbocycles. The minimum absolute atomic E-state index is 0.00987. The van der Waals surface area contributed by atoms with Gasteiger partial charge in [0.2, 0.25) is 0 Å². The summed E-state index contributed by atoms with van der Waals surface area (Å²) in [6.07, 6.45) is 4.64. The molecule has 0 radical (unpaired) electrons. The number of hydrogen-bond acceptors (Lipinski definition) is 3. The zero-order valence-electron chi connectivity index (χ0n) is 12.4. The first-order valence-electron chi connectivity index (χ1n) is 7.50. The molecule has 1 aromatic rings. The second-order valence-electron chi connectivity index (χ2n) is 5.52. The standard InChI is InChI=1S/C16H25NO2S/c1-3-19-16-9-8-13(12(2)17)10-14(16)11-20(18)15-6-4-5-7-15/h8-10,12,15H,3-7,11,17H2,1-2H3. The monoisotopic (exact) mass is 295 g/mol. The number of rotatable bonds is 6. The third kappa shape index (κ3) is 3.83. The van der Waals surface area contributed by atoms with Crippen LogP contribution < -0.4 is 10.5 Å². The van der Waals surface area contributed by atoms with Crippen LogP contribution in [0.25, 0.3) is 0 Å². The van der Waals surface area contributed by atoms with Gasteiger partial charge in [0, 0.05) is 27.7 Å². The average molecular weight is 295 g/mol. The van der Waals surface area contributed by atoms with Crippen molar-refractivity contribution >= 4 is 10.8 Å². The Hall–Kier alpha value is -0.870. The molecule has 1 aliphatic carbocycles. The Balaban J connectivity index is 2.17. The molecule has 0 saturated heterocycles. The van der Waals surface area contributed by atoms with Gasteiger partial charge in [-0.25, -0.2) is 0 Å². The highest BCUT2D eigenvalue weighted by Crippen LogP contribution is 2.29. The van der Waals surface area contributed by atoms with E-state index < -0.39 is 10.8 Å². The Morgan fingerprint density at radius 3 is 2.70 bits per heavy atom. The van der Waals surface area contributed by atoms with Crippen molar-refractivity contribution < 1.29 is 8.95 Å². The molecule has 0 aromatic heterocycles. The molecule has 0 bridgehead atoms. The first kappa shape index (κ1) is 15.5. The summed E-state index contributed by atoms with van der Waals surface area (Å²) in [6.45, 7) is 4.56. The van der Waals surface area contributed by atoms with Crippen LogP contribution in [0.1, 0.15) is 56.7 Å². The lowest BCUT2D eigenvalue weighted by Gasteiger charge is -2.15. The summed E-state index contributed by atoms with van der Waals surface area (Å²) in [4.78, 5) is 0. The van der Waals surface area contributed by atoms with Crippen molar-refractivity contribution in [3.05, 3.63) is 29.3 Å². The predicted octanol–water partition coefficient (Wildman–Crippen LogP) is 3.30. The van der Waals surface area contributed by atoms with Crippen molar-refractivity contribution in [3.63, 3.8) is 0 Å². The van der Waals surface area contributed by atoms with Gasteiger partial charge in [0.25, 0.3) is 0 Å². The summed E-state index contributed by atoms with van der Waals surface area (Å²) in [5, 5.41) is 0.364. The molecule has 1 fully saturated rings. The first-order valence-corrected chi connectivity index (χ1v) is 8.88. The molecule has 4 heteroatoms. The molecular weight excluding hydrogens is 270 g/mol. The number of ether oxygens (including phenoxy) is 1. The smallest absolute Gasteiger partial charge is 0.123 e. The quantitative estimate of drug-likeness (QED) is 0.876. The molecule has 1 aliphatic rings. The van der Waals surface area contributed by atoms with Crippen LogP contribution in [-0.4, -0.2) is 16.1 Å². The van der Waals surface area contributed by atoms with Gasteiger partial charge in [0.05, 0.1) is 12.4 Å². The molecule has 0 aliphatic heterocycles. The van der Waals surface area contributed by atoms with Gasteiger partial charge in [-0.3, -0.25) is 4.21 Å². The van der Waals surface area contributed by atoms with Crippen molar-refractivity contribution in [2.24, 2.45) is 5.73 Å². The number of nitrogens with two attached hydrogens (primary N) is 1. The molecular formula is C16H25NO2S. The fourth-order valence-corrected chi connectivity index (χ4v) is 4.34. The lowest BCUT2D eigenvalue weighted by atomic mass is 10.1. The Kier molecular flexibility index (Phi) is 5.61. The molecule has 3 nitrogen and oxygen atoms in total. The van der Waals surface area contributed by atoms with Crippen LogP contribution in [0.4, 0.5) is 0 Å². The molecule has 2 N–H and O–H groups in total. The van der Waals surface area contributed by atoms with Gasteiger partial charge >= 0.3 is 0 Å². The third-order valence-corrected chi connectivity index (χ3v) is 5.69. The molecule has 2 unspecified atom stereocenters. The van der Waals surface area contributed by atoms with Gasteiger partial charge < -0.3 is 10.5 Å². The van der Waals surface area contributed by atoms with E-state index in [1.54, 1.807) is 0 Å². The second-order valence-corrected chi connectivity index (χ2v) is 7.24. The highest BCUT2D eigenvalue weighted by molar-refractivity contribution is 7.84. The van der Waals surface area contributed by atoms with Gasteiger partial charge in [-0.15, -0.1) is 0 Å². The summed E-state index contributed by atoms with van der Waals surface area (Å²) in [6, 6.07) is 6.01.